The number of halogens is 1. The fourth-order valence-electron chi connectivity index (χ4n) is 1.77. The summed E-state index contributed by atoms with van der Waals surface area (Å²) < 4.78 is 0. The van der Waals surface area contributed by atoms with Crippen molar-refractivity contribution >= 4 is 17.4 Å². The molecule has 0 atom stereocenters. The number of carbonyl (C=O) groups excluding carboxylic acids is 1. The van der Waals surface area contributed by atoms with Gasteiger partial charge >= 0.3 is 0 Å². The molecule has 1 aromatic carbocycles. The molecule has 1 nitrogen and oxygen atoms in total. The molecule has 0 aliphatic rings. The van der Waals surface area contributed by atoms with Crippen molar-refractivity contribution in [3.8, 4) is 0 Å². The molecule has 0 spiro atoms. The van der Waals surface area contributed by atoms with E-state index in [0.717, 1.165) is 23.4 Å². The normalized spacial score (nSPS) is 10.9. The zero-order chi connectivity index (χ0) is 13.0. The highest BCUT2D eigenvalue weighted by atomic mass is 35.5. The van der Waals surface area contributed by atoms with E-state index in [9.17, 15) is 4.79 Å². The maximum atomic E-state index is 11.5. The first kappa shape index (κ1) is 14.2. The molecule has 0 heterocycles. The zero-order valence-electron chi connectivity index (χ0n) is 11.1. The van der Waals surface area contributed by atoms with E-state index in [4.69, 9.17) is 11.6 Å². The van der Waals surface area contributed by atoms with Crippen LogP contribution >= 0.6 is 11.6 Å². The highest BCUT2D eigenvalue weighted by Crippen LogP contribution is 2.22. The average Bonchev–Trinajstić information content (AvgIpc) is 2.25. The van der Waals surface area contributed by atoms with Crippen molar-refractivity contribution in [1.29, 1.82) is 0 Å². The van der Waals surface area contributed by atoms with Gasteiger partial charge in [-0.25, -0.2) is 0 Å². The van der Waals surface area contributed by atoms with Crippen molar-refractivity contribution < 1.29 is 4.79 Å². The SMILES string of the molecule is Cc1cc(Cl)c(CCCC(=O)C(C)C)cc1C. The number of benzene rings is 1. The van der Waals surface area contributed by atoms with Crippen molar-refractivity contribution in [3.05, 3.63) is 33.8 Å². The van der Waals surface area contributed by atoms with Crippen molar-refractivity contribution in [3.63, 3.8) is 0 Å². The van der Waals surface area contributed by atoms with Crippen LogP contribution in [0.2, 0.25) is 5.02 Å². The molecule has 0 bridgehead atoms. The minimum atomic E-state index is 0.144. The lowest BCUT2D eigenvalue weighted by Gasteiger charge is -2.09. The van der Waals surface area contributed by atoms with E-state index < -0.39 is 0 Å². The summed E-state index contributed by atoms with van der Waals surface area (Å²) in [6, 6.07) is 4.15. The largest absolute Gasteiger partial charge is 0.299 e. The lowest BCUT2D eigenvalue weighted by Crippen LogP contribution is -2.06. The Morgan fingerprint density at radius 2 is 1.82 bits per heavy atom. The number of ketones is 1. The van der Waals surface area contributed by atoms with Gasteiger partial charge in [-0.2, -0.15) is 0 Å². The molecule has 0 unspecified atom stereocenters. The van der Waals surface area contributed by atoms with Crippen LogP contribution in [0, 0.1) is 19.8 Å². The molecule has 2 heteroatoms. The van der Waals surface area contributed by atoms with E-state index in [1.807, 2.05) is 19.9 Å². The minimum Gasteiger partial charge on any atom is -0.299 e. The van der Waals surface area contributed by atoms with Crippen LogP contribution in [-0.2, 0) is 11.2 Å². The van der Waals surface area contributed by atoms with E-state index >= 15 is 0 Å². The zero-order valence-corrected chi connectivity index (χ0v) is 11.9. The first-order chi connectivity index (χ1) is 7.91. The topological polar surface area (TPSA) is 17.1 Å². The summed E-state index contributed by atoms with van der Waals surface area (Å²) in [6.45, 7) is 8.05. The summed E-state index contributed by atoms with van der Waals surface area (Å²) in [7, 11) is 0. The Morgan fingerprint density at radius 1 is 1.24 bits per heavy atom. The molecule has 0 saturated heterocycles. The van der Waals surface area contributed by atoms with E-state index in [1.165, 1.54) is 11.1 Å². The summed E-state index contributed by atoms with van der Waals surface area (Å²) in [4.78, 5) is 11.5. The second-order valence-corrected chi connectivity index (χ2v) is 5.41. The Kier molecular flexibility index (Phi) is 5.20. The second-order valence-electron chi connectivity index (χ2n) is 5.00. The van der Waals surface area contributed by atoms with Crippen LogP contribution in [-0.4, -0.2) is 5.78 Å². The van der Waals surface area contributed by atoms with Gasteiger partial charge in [-0.1, -0.05) is 31.5 Å². The summed E-state index contributed by atoms with van der Waals surface area (Å²) in [5.74, 6) is 0.482. The van der Waals surface area contributed by atoms with Gasteiger partial charge in [-0.05, 0) is 49.4 Å². The maximum absolute atomic E-state index is 11.5. The Morgan fingerprint density at radius 3 is 2.41 bits per heavy atom. The third-order valence-electron chi connectivity index (χ3n) is 3.18. The van der Waals surface area contributed by atoms with Crippen LogP contribution < -0.4 is 0 Å². The Labute approximate surface area is 109 Å². The van der Waals surface area contributed by atoms with E-state index in [2.05, 4.69) is 19.9 Å². The number of carbonyl (C=O) groups is 1. The lowest BCUT2D eigenvalue weighted by atomic mass is 9.99. The molecule has 0 amide bonds. The molecule has 0 aliphatic heterocycles. The minimum absolute atomic E-state index is 0.144. The van der Waals surface area contributed by atoms with Gasteiger partial charge in [0.25, 0.3) is 0 Å². The fraction of sp³-hybridized carbons (Fsp3) is 0.533. The third kappa shape index (κ3) is 4.16. The van der Waals surface area contributed by atoms with Gasteiger partial charge < -0.3 is 0 Å². The van der Waals surface area contributed by atoms with Gasteiger partial charge in [-0.15, -0.1) is 0 Å². The first-order valence-electron chi connectivity index (χ1n) is 6.20. The van der Waals surface area contributed by atoms with Gasteiger partial charge in [-0.3, -0.25) is 4.79 Å². The number of hydrogen-bond donors (Lipinski definition) is 0. The van der Waals surface area contributed by atoms with Gasteiger partial charge in [0, 0.05) is 17.4 Å². The highest BCUT2D eigenvalue weighted by Gasteiger charge is 2.08. The number of rotatable bonds is 5. The van der Waals surface area contributed by atoms with E-state index in [-0.39, 0.29) is 5.92 Å². The van der Waals surface area contributed by atoms with Crippen molar-refractivity contribution in [2.45, 2.75) is 47.0 Å². The molecule has 0 aliphatic carbocycles. The molecule has 0 fully saturated rings. The van der Waals surface area contributed by atoms with Crippen molar-refractivity contribution in [2.24, 2.45) is 5.92 Å². The predicted octanol–water partition coefficient (Wildman–Crippen LogP) is 4.50. The van der Waals surface area contributed by atoms with Gasteiger partial charge in [0.05, 0.1) is 0 Å². The maximum Gasteiger partial charge on any atom is 0.135 e. The predicted molar refractivity (Wildman–Crippen MR) is 73.7 cm³/mol. The van der Waals surface area contributed by atoms with E-state index in [0.29, 0.717) is 12.2 Å². The quantitative estimate of drug-likeness (QED) is 0.754. The fourth-order valence-corrected chi connectivity index (χ4v) is 2.09. The Bertz CT molecular complexity index is 408. The summed E-state index contributed by atoms with van der Waals surface area (Å²) in [5.41, 5.74) is 3.64. The summed E-state index contributed by atoms with van der Waals surface area (Å²) in [5, 5.41) is 0.824. The van der Waals surface area contributed by atoms with Crippen LogP contribution in [0.3, 0.4) is 0 Å². The lowest BCUT2D eigenvalue weighted by molar-refractivity contribution is -0.121. The van der Waals surface area contributed by atoms with Gasteiger partial charge in [0.2, 0.25) is 0 Å². The summed E-state index contributed by atoms with van der Waals surface area (Å²) in [6.07, 6.45) is 2.43. The van der Waals surface area contributed by atoms with Crippen LogP contribution in [0.1, 0.15) is 43.4 Å². The monoisotopic (exact) mass is 252 g/mol. The number of Topliss-reactive ketones (excluding diaryl/α,β-unsaturated/α-hetero) is 1. The molecule has 1 aromatic rings. The molecule has 94 valence electrons. The van der Waals surface area contributed by atoms with Crippen LogP contribution in [0.5, 0.6) is 0 Å². The van der Waals surface area contributed by atoms with Gasteiger partial charge in [0.1, 0.15) is 5.78 Å². The molecule has 0 aromatic heterocycles. The Hall–Kier alpha value is -0.820. The number of hydrogen-bond acceptors (Lipinski definition) is 1. The molecule has 0 radical (unpaired) electrons. The third-order valence-corrected chi connectivity index (χ3v) is 3.53. The molecule has 0 saturated carbocycles. The highest BCUT2D eigenvalue weighted by molar-refractivity contribution is 6.31. The molecular formula is C15H21ClO. The summed E-state index contributed by atoms with van der Waals surface area (Å²) >= 11 is 6.19. The molecule has 1 rings (SSSR count). The smallest absolute Gasteiger partial charge is 0.135 e. The van der Waals surface area contributed by atoms with Crippen molar-refractivity contribution in [2.75, 3.05) is 0 Å². The van der Waals surface area contributed by atoms with Crippen LogP contribution in [0.15, 0.2) is 12.1 Å². The van der Waals surface area contributed by atoms with Crippen LogP contribution in [0.25, 0.3) is 0 Å². The molecular weight excluding hydrogens is 232 g/mol. The number of aryl methyl sites for hydroxylation is 3. The van der Waals surface area contributed by atoms with E-state index in [1.54, 1.807) is 0 Å². The Balaban J connectivity index is 2.58. The van der Waals surface area contributed by atoms with Gasteiger partial charge in [0.15, 0.2) is 0 Å². The standard InChI is InChI=1S/C15H21ClO/c1-10(2)15(17)7-5-6-13-8-11(3)12(4)9-14(13)16/h8-10H,5-7H2,1-4H3. The van der Waals surface area contributed by atoms with Crippen LogP contribution in [0.4, 0.5) is 0 Å². The molecule has 0 N–H and O–H groups in total. The second kappa shape index (κ2) is 6.20. The first-order valence-corrected chi connectivity index (χ1v) is 6.58. The average molecular weight is 253 g/mol. The molecule has 17 heavy (non-hydrogen) atoms. The van der Waals surface area contributed by atoms with Crippen molar-refractivity contribution in [1.82, 2.24) is 0 Å².